The summed E-state index contributed by atoms with van der Waals surface area (Å²) >= 11 is 0. The van der Waals surface area contributed by atoms with Crippen molar-refractivity contribution in [1.82, 2.24) is 10.2 Å². The van der Waals surface area contributed by atoms with E-state index in [-0.39, 0.29) is 12.8 Å². The summed E-state index contributed by atoms with van der Waals surface area (Å²) in [5.41, 5.74) is 0. The first kappa shape index (κ1) is 49.5. The molecule has 0 amide bonds. The topological polar surface area (TPSA) is 164 Å². The Morgan fingerprint density at radius 1 is 0.704 bits per heavy atom. The summed E-state index contributed by atoms with van der Waals surface area (Å²) in [5.74, 6) is 0. The van der Waals surface area contributed by atoms with Crippen LogP contribution < -0.4 is 5.32 Å². The third kappa shape index (κ3) is 20.7. The van der Waals surface area contributed by atoms with Gasteiger partial charge >= 0.3 is 6.18 Å². The van der Waals surface area contributed by atoms with Gasteiger partial charge in [-0.1, -0.05) is 129 Å². The lowest BCUT2D eigenvalue weighted by Gasteiger charge is -2.40. The summed E-state index contributed by atoms with van der Waals surface area (Å²) in [4.78, 5) is 2.42. The molecule has 2 aliphatic heterocycles. The number of hydrogen-bond acceptors (Lipinski definition) is 11. The smallest absolute Gasteiger partial charge is 0.394 e. The van der Waals surface area contributed by atoms with Gasteiger partial charge in [0, 0.05) is 13.1 Å². The van der Waals surface area contributed by atoms with Crippen LogP contribution in [0.5, 0.6) is 0 Å². The highest BCUT2D eigenvalue weighted by atomic mass is 19.4. The zero-order valence-corrected chi connectivity index (χ0v) is 33.2. The van der Waals surface area contributed by atoms with Crippen molar-refractivity contribution in [2.75, 3.05) is 46.1 Å². The highest BCUT2D eigenvalue weighted by molar-refractivity contribution is 4.91. The average Bonchev–Trinajstić information content (AvgIpc) is 3.16. The van der Waals surface area contributed by atoms with Crippen LogP contribution in [0, 0.1) is 0 Å². The van der Waals surface area contributed by atoms with Crippen LogP contribution in [-0.2, 0) is 14.2 Å². The van der Waals surface area contributed by atoms with E-state index in [1.54, 1.807) is 0 Å². The number of hydrogen-bond donors (Lipinski definition) is 7. The lowest BCUT2D eigenvalue weighted by molar-refractivity contribution is -0.303. The van der Waals surface area contributed by atoms with Crippen LogP contribution >= 0.6 is 0 Å². The second-order valence-corrected chi connectivity index (χ2v) is 15.7. The molecular formula is C40H77F3N2O9. The minimum absolute atomic E-state index is 0.195. The molecule has 0 radical (unpaired) electrons. The predicted octanol–water partition coefficient (Wildman–Crippen LogP) is 5.35. The monoisotopic (exact) mass is 787 g/mol. The minimum atomic E-state index is -4.64. The van der Waals surface area contributed by atoms with E-state index in [1.165, 1.54) is 44.9 Å². The Labute approximate surface area is 323 Å². The van der Waals surface area contributed by atoms with Gasteiger partial charge in [0.05, 0.1) is 44.7 Å². The van der Waals surface area contributed by atoms with Crippen LogP contribution in [0.25, 0.3) is 0 Å². The average molecular weight is 787 g/mol. The molecule has 0 aromatic heterocycles. The second-order valence-electron chi connectivity index (χ2n) is 15.7. The molecule has 5 unspecified atom stereocenters. The van der Waals surface area contributed by atoms with Gasteiger partial charge in [-0.3, -0.25) is 10.2 Å². The van der Waals surface area contributed by atoms with Gasteiger partial charge in [0.15, 0.2) is 6.29 Å². The highest BCUT2D eigenvalue weighted by Gasteiger charge is 2.46. The summed E-state index contributed by atoms with van der Waals surface area (Å²) < 4.78 is 59.3. The van der Waals surface area contributed by atoms with Crippen molar-refractivity contribution in [3.05, 3.63) is 0 Å². The Kier molecular flexibility index (Phi) is 27.1. The van der Waals surface area contributed by atoms with Gasteiger partial charge in [0.25, 0.3) is 0 Å². The number of nitrogens with one attached hydrogen (secondary N) is 1. The first-order valence-electron chi connectivity index (χ1n) is 21.4. The molecule has 9 atom stereocenters. The lowest BCUT2D eigenvalue weighted by Crippen LogP contribution is -2.61. The Morgan fingerprint density at radius 2 is 1.20 bits per heavy atom. The number of rotatable bonds is 32. The van der Waals surface area contributed by atoms with Gasteiger partial charge in [0.1, 0.15) is 30.5 Å². The molecule has 0 aromatic carbocycles. The largest absolute Gasteiger partial charge is 0.403 e. The Bertz CT molecular complexity index is 888. The Morgan fingerprint density at radius 3 is 1.72 bits per heavy atom. The third-order valence-corrected chi connectivity index (χ3v) is 11.1. The number of ether oxygens (including phenoxy) is 3. The Hall–Kier alpha value is -0.650. The van der Waals surface area contributed by atoms with Crippen molar-refractivity contribution < 1.29 is 58.0 Å². The molecule has 2 aliphatic rings. The minimum Gasteiger partial charge on any atom is -0.394 e. The van der Waals surface area contributed by atoms with Gasteiger partial charge < -0.3 is 44.8 Å². The van der Waals surface area contributed by atoms with Crippen LogP contribution in [0.4, 0.5) is 13.2 Å². The fraction of sp³-hybridized carbons (Fsp3) is 1.00. The molecule has 322 valence electrons. The molecule has 0 aromatic rings. The maximum Gasteiger partial charge on any atom is 0.403 e. The van der Waals surface area contributed by atoms with Gasteiger partial charge in [-0.2, -0.15) is 13.2 Å². The lowest BCUT2D eigenvalue weighted by atomic mass is 9.97. The Balaban J connectivity index is 1.84. The fourth-order valence-electron chi connectivity index (χ4n) is 7.45. The van der Waals surface area contributed by atoms with Crippen molar-refractivity contribution in [2.24, 2.45) is 0 Å². The molecule has 2 fully saturated rings. The number of aliphatic hydroxyl groups is 6. The van der Waals surface area contributed by atoms with E-state index < -0.39 is 74.4 Å². The molecule has 54 heavy (non-hydrogen) atoms. The standard InChI is InChI=1S/C40H77F3N2O9/c1-2-3-4-5-6-7-8-9-10-13-16-19-22-32(47)35(48)31(30-53-39-38(51)37(50)36(49)33(29-46)54-39)44-34(40(41,42)43)23-20-17-14-11-12-15-18-21-24-45-25-27-52-28-26-45/h31-39,44,46-51H,2-30H2,1H3/t31-,32+,33?,34-,35-,36?,37?,38?,39?/m0/s1. The number of unbranched alkanes of at least 4 members (excludes halogenated alkanes) is 18. The van der Waals surface area contributed by atoms with E-state index in [4.69, 9.17) is 14.2 Å². The van der Waals surface area contributed by atoms with Gasteiger partial charge in [-0.15, -0.1) is 0 Å². The zero-order valence-electron chi connectivity index (χ0n) is 33.2. The SMILES string of the molecule is CCCCCCCCCCCCCC[C@@H](O)[C@@H](O)[C@H](COC1OC(CO)C(O)C(O)C1O)N[C@@H](CCCCCCCCCCN1CCOCC1)C(F)(F)F. The maximum atomic E-state index is 14.3. The maximum absolute atomic E-state index is 14.3. The number of nitrogens with zero attached hydrogens (tertiary/aromatic N) is 1. The van der Waals surface area contributed by atoms with E-state index in [9.17, 15) is 43.8 Å². The quantitative estimate of drug-likeness (QED) is 0.0440. The van der Waals surface area contributed by atoms with E-state index >= 15 is 0 Å². The van der Waals surface area contributed by atoms with Crippen LogP contribution in [0.15, 0.2) is 0 Å². The number of morpholine rings is 1. The van der Waals surface area contributed by atoms with Crippen LogP contribution in [0.2, 0.25) is 0 Å². The van der Waals surface area contributed by atoms with Gasteiger partial charge in [0.2, 0.25) is 0 Å². The van der Waals surface area contributed by atoms with E-state index in [2.05, 4.69) is 17.1 Å². The number of alkyl halides is 3. The molecule has 11 nitrogen and oxygen atoms in total. The van der Waals surface area contributed by atoms with Crippen molar-refractivity contribution >= 4 is 0 Å². The van der Waals surface area contributed by atoms with Crippen molar-refractivity contribution in [2.45, 2.75) is 209 Å². The molecule has 0 saturated carbocycles. The fourth-order valence-corrected chi connectivity index (χ4v) is 7.45. The van der Waals surface area contributed by atoms with E-state index in [0.29, 0.717) is 19.3 Å². The van der Waals surface area contributed by atoms with Gasteiger partial charge in [-0.05, 0) is 25.8 Å². The van der Waals surface area contributed by atoms with E-state index in [0.717, 1.165) is 97.1 Å². The molecular weight excluding hydrogens is 709 g/mol. The molecule has 0 aliphatic carbocycles. The normalized spacial score (nSPS) is 25.1. The molecule has 14 heteroatoms. The molecule has 0 bridgehead atoms. The van der Waals surface area contributed by atoms with Crippen LogP contribution in [-0.4, -0.2) is 143 Å². The summed E-state index contributed by atoms with van der Waals surface area (Å²) in [5, 5.41) is 64.8. The molecule has 0 spiro atoms. The highest BCUT2D eigenvalue weighted by Crippen LogP contribution is 2.27. The molecule has 2 saturated heterocycles. The third-order valence-electron chi connectivity index (χ3n) is 11.1. The summed E-state index contributed by atoms with van der Waals surface area (Å²) in [6.07, 6.45) is 5.07. The summed E-state index contributed by atoms with van der Waals surface area (Å²) in [6.45, 7) is 5.55. The first-order chi connectivity index (χ1) is 26.0. The molecule has 2 heterocycles. The number of halogens is 3. The zero-order chi connectivity index (χ0) is 39.6. The summed E-state index contributed by atoms with van der Waals surface area (Å²) in [6, 6.07) is -3.37. The van der Waals surface area contributed by atoms with Crippen molar-refractivity contribution in [1.29, 1.82) is 0 Å². The second kappa shape index (κ2) is 29.5. The molecule has 2 rings (SSSR count). The van der Waals surface area contributed by atoms with Gasteiger partial charge in [-0.25, -0.2) is 0 Å². The van der Waals surface area contributed by atoms with Crippen molar-refractivity contribution in [3.63, 3.8) is 0 Å². The van der Waals surface area contributed by atoms with Crippen LogP contribution in [0.3, 0.4) is 0 Å². The van der Waals surface area contributed by atoms with Crippen LogP contribution in [0.1, 0.15) is 148 Å². The first-order valence-corrected chi connectivity index (χ1v) is 21.4. The summed E-state index contributed by atoms with van der Waals surface area (Å²) in [7, 11) is 0. The molecule has 7 N–H and O–H groups in total. The van der Waals surface area contributed by atoms with E-state index in [1.807, 2.05) is 0 Å². The predicted molar refractivity (Wildman–Crippen MR) is 203 cm³/mol. The number of aliphatic hydroxyl groups excluding tert-OH is 6. The van der Waals surface area contributed by atoms with Crippen molar-refractivity contribution in [3.8, 4) is 0 Å².